The predicted molar refractivity (Wildman–Crippen MR) is 57.8 cm³/mol. The molecular weight excluding hydrogens is 206 g/mol. The first-order valence-corrected chi connectivity index (χ1v) is 4.67. The quantitative estimate of drug-likeness (QED) is 0.678. The fraction of sp³-hybridized carbons (Fsp3) is 0.182. The van der Waals surface area contributed by atoms with Gasteiger partial charge in [-0.05, 0) is 12.1 Å². The first-order chi connectivity index (χ1) is 7.61. The zero-order chi connectivity index (χ0) is 11.7. The Morgan fingerprint density at radius 2 is 2.31 bits per heavy atom. The molecule has 0 bridgehead atoms. The molecule has 16 heavy (non-hydrogen) atoms. The molecule has 0 N–H and O–H groups in total. The Balaban J connectivity index is 2.47. The minimum Gasteiger partial charge on any atom is -0.441 e. The van der Waals surface area contributed by atoms with Crippen LogP contribution in [0, 0.1) is 18.3 Å². The lowest BCUT2D eigenvalue weighted by Crippen LogP contribution is -2.24. The van der Waals surface area contributed by atoms with Gasteiger partial charge in [0.05, 0.1) is 0 Å². The zero-order valence-corrected chi connectivity index (χ0v) is 8.89. The van der Waals surface area contributed by atoms with Gasteiger partial charge in [-0.15, -0.1) is 0 Å². The molecule has 0 aliphatic carbocycles. The predicted octanol–water partition coefficient (Wildman–Crippen LogP) is 1.62. The fourth-order valence-electron chi connectivity index (χ4n) is 1.43. The number of hydrogen-bond donors (Lipinski definition) is 0. The number of aryl methyl sites for hydroxylation is 1. The molecule has 0 fully saturated rings. The second-order valence-corrected chi connectivity index (χ2v) is 3.36. The first-order valence-electron chi connectivity index (χ1n) is 4.67. The van der Waals surface area contributed by atoms with Crippen molar-refractivity contribution in [1.82, 2.24) is 4.98 Å². The van der Waals surface area contributed by atoms with Crippen LogP contribution < -0.4 is 4.90 Å². The Morgan fingerprint density at radius 3 is 3.00 bits per heavy atom. The molecule has 5 nitrogen and oxygen atoms in total. The van der Waals surface area contributed by atoms with Crippen LogP contribution in [-0.2, 0) is 4.79 Å². The first kappa shape index (κ1) is 10.2. The second-order valence-electron chi connectivity index (χ2n) is 3.36. The molecule has 0 aliphatic rings. The van der Waals surface area contributed by atoms with Gasteiger partial charge in [0.2, 0.25) is 0 Å². The van der Waals surface area contributed by atoms with Crippen molar-refractivity contribution in [2.45, 2.75) is 6.92 Å². The topological polar surface area (TPSA) is 70.1 Å². The van der Waals surface area contributed by atoms with Crippen LogP contribution in [0.2, 0.25) is 0 Å². The number of fused-ring (bicyclic) bond motifs is 1. The Hall–Kier alpha value is -2.35. The minimum atomic E-state index is -0.615. The molecule has 0 spiro atoms. The number of anilines is 1. The summed E-state index contributed by atoms with van der Waals surface area (Å²) in [5.74, 6) is -0.0444. The van der Waals surface area contributed by atoms with Crippen molar-refractivity contribution in [3.05, 3.63) is 24.1 Å². The van der Waals surface area contributed by atoms with E-state index in [1.807, 2.05) is 0 Å². The van der Waals surface area contributed by atoms with Gasteiger partial charge in [-0.1, -0.05) is 0 Å². The Kier molecular flexibility index (Phi) is 2.33. The maximum Gasteiger partial charge on any atom is 0.329 e. The molecule has 1 aromatic heterocycles. The zero-order valence-electron chi connectivity index (χ0n) is 8.89. The Bertz CT molecular complexity index is 595. The number of nitrogens with zero attached hydrogens (tertiary/aromatic N) is 3. The van der Waals surface area contributed by atoms with Crippen LogP contribution in [0.5, 0.6) is 0 Å². The van der Waals surface area contributed by atoms with E-state index in [1.54, 1.807) is 31.2 Å². The SMILES string of the molecule is Cc1nc2ccc(N(C)C(=O)C#N)cc2o1. The molecule has 2 aromatic rings. The summed E-state index contributed by atoms with van der Waals surface area (Å²) < 4.78 is 5.34. The molecule has 0 saturated heterocycles. The highest BCUT2D eigenvalue weighted by Gasteiger charge is 2.11. The lowest BCUT2D eigenvalue weighted by Gasteiger charge is -2.12. The van der Waals surface area contributed by atoms with Crippen LogP contribution in [0.25, 0.3) is 11.1 Å². The monoisotopic (exact) mass is 215 g/mol. The Labute approximate surface area is 91.9 Å². The number of amides is 1. The number of hydrogen-bond acceptors (Lipinski definition) is 4. The molecule has 0 unspecified atom stereocenters. The van der Waals surface area contributed by atoms with Crippen LogP contribution in [0.1, 0.15) is 5.89 Å². The molecule has 0 aliphatic heterocycles. The van der Waals surface area contributed by atoms with Crippen LogP contribution in [0.4, 0.5) is 5.69 Å². The van der Waals surface area contributed by atoms with E-state index < -0.39 is 5.91 Å². The molecule has 2 rings (SSSR count). The van der Waals surface area contributed by atoms with Gasteiger partial charge in [-0.25, -0.2) is 4.98 Å². The van der Waals surface area contributed by atoms with Gasteiger partial charge in [0, 0.05) is 25.7 Å². The van der Waals surface area contributed by atoms with Crippen molar-refractivity contribution < 1.29 is 9.21 Å². The van der Waals surface area contributed by atoms with E-state index in [4.69, 9.17) is 9.68 Å². The number of carbonyl (C=O) groups is 1. The van der Waals surface area contributed by atoms with Gasteiger partial charge in [0.25, 0.3) is 0 Å². The van der Waals surface area contributed by atoms with Gasteiger partial charge in [-0.2, -0.15) is 5.26 Å². The average molecular weight is 215 g/mol. The van der Waals surface area contributed by atoms with Gasteiger partial charge in [0.1, 0.15) is 5.52 Å². The molecule has 1 aromatic carbocycles. The standard InChI is InChI=1S/C11H9N3O2/c1-7-13-9-4-3-8(5-10(9)16-7)14(2)11(15)6-12/h3-5H,1-2H3. The number of benzene rings is 1. The van der Waals surface area contributed by atoms with E-state index in [-0.39, 0.29) is 0 Å². The average Bonchev–Trinajstić information content (AvgIpc) is 2.65. The lowest BCUT2D eigenvalue weighted by molar-refractivity contribution is -0.113. The third-order valence-electron chi connectivity index (χ3n) is 2.27. The number of carbonyl (C=O) groups excluding carboxylic acids is 1. The molecule has 0 saturated carbocycles. The molecular formula is C11H9N3O2. The van der Waals surface area contributed by atoms with Crippen molar-refractivity contribution in [2.24, 2.45) is 0 Å². The minimum absolute atomic E-state index is 0.571. The fourth-order valence-corrected chi connectivity index (χ4v) is 1.43. The largest absolute Gasteiger partial charge is 0.441 e. The van der Waals surface area contributed by atoms with Crippen molar-refractivity contribution >= 4 is 22.7 Å². The molecule has 80 valence electrons. The summed E-state index contributed by atoms with van der Waals surface area (Å²) >= 11 is 0. The normalized spacial score (nSPS) is 10.1. The van der Waals surface area contributed by atoms with E-state index in [9.17, 15) is 4.79 Å². The number of rotatable bonds is 1. The third kappa shape index (κ3) is 1.61. The van der Waals surface area contributed by atoms with Crippen LogP contribution in [-0.4, -0.2) is 17.9 Å². The van der Waals surface area contributed by atoms with Crippen molar-refractivity contribution in [2.75, 3.05) is 11.9 Å². The third-order valence-corrected chi connectivity index (χ3v) is 2.27. The Morgan fingerprint density at radius 1 is 1.56 bits per heavy atom. The molecule has 0 atom stereocenters. The molecule has 1 amide bonds. The van der Waals surface area contributed by atoms with Gasteiger partial charge in [-0.3, -0.25) is 4.79 Å². The van der Waals surface area contributed by atoms with Crippen molar-refractivity contribution in [3.8, 4) is 6.07 Å². The van der Waals surface area contributed by atoms with E-state index in [0.29, 0.717) is 17.2 Å². The lowest BCUT2D eigenvalue weighted by atomic mass is 10.2. The summed E-state index contributed by atoms with van der Waals surface area (Å²) in [6, 6.07) is 6.72. The van der Waals surface area contributed by atoms with Gasteiger partial charge < -0.3 is 9.32 Å². The summed E-state index contributed by atoms with van der Waals surface area (Å²) in [6.07, 6.45) is 0. The highest BCUT2D eigenvalue weighted by atomic mass is 16.3. The summed E-state index contributed by atoms with van der Waals surface area (Å²) in [5, 5.41) is 8.51. The van der Waals surface area contributed by atoms with Crippen LogP contribution in [0.3, 0.4) is 0 Å². The van der Waals surface area contributed by atoms with Crippen molar-refractivity contribution in [3.63, 3.8) is 0 Å². The maximum absolute atomic E-state index is 11.2. The van der Waals surface area contributed by atoms with Crippen LogP contribution >= 0.6 is 0 Å². The van der Waals surface area contributed by atoms with E-state index >= 15 is 0 Å². The van der Waals surface area contributed by atoms with Crippen LogP contribution in [0.15, 0.2) is 22.6 Å². The summed E-state index contributed by atoms with van der Waals surface area (Å²) in [5.41, 5.74) is 1.95. The highest BCUT2D eigenvalue weighted by Crippen LogP contribution is 2.21. The summed E-state index contributed by atoms with van der Waals surface area (Å²) in [6.45, 7) is 1.75. The summed E-state index contributed by atoms with van der Waals surface area (Å²) in [7, 11) is 1.54. The van der Waals surface area contributed by atoms with E-state index in [0.717, 1.165) is 5.52 Å². The van der Waals surface area contributed by atoms with Crippen molar-refractivity contribution in [1.29, 1.82) is 5.26 Å². The summed E-state index contributed by atoms with van der Waals surface area (Å²) in [4.78, 5) is 16.6. The molecule has 5 heteroatoms. The van der Waals surface area contributed by atoms with Gasteiger partial charge >= 0.3 is 5.91 Å². The van der Waals surface area contributed by atoms with E-state index in [1.165, 1.54) is 11.9 Å². The van der Waals surface area contributed by atoms with E-state index in [2.05, 4.69) is 4.98 Å². The smallest absolute Gasteiger partial charge is 0.329 e. The highest BCUT2D eigenvalue weighted by molar-refractivity contribution is 6.04. The second kappa shape index (κ2) is 3.66. The maximum atomic E-state index is 11.2. The molecule has 1 heterocycles. The molecule has 0 radical (unpaired) electrons. The van der Waals surface area contributed by atoms with Gasteiger partial charge in [0.15, 0.2) is 17.5 Å². The number of nitriles is 1. The number of oxazole rings is 1. The number of aromatic nitrogens is 1.